The van der Waals surface area contributed by atoms with Gasteiger partial charge in [0.1, 0.15) is 0 Å². The van der Waals surface area contributed by atoms with Gasteiger partial charge in [0.15, 0.2) is 0 Å². The Kier molecular flexibility index (Phi) is 4.26. The Labute approximate surface area is 92.3 Å². The smallest absolute Gasteiger partial charge is 0.259 e. The monoisotopic (exact) mass is 233 g/mol. The van der Waals surface area contributed by atoms with Crippen LogP contribution in [0.4, 0.5) is 13.2 Å². The molecule has 3 nitrogen and oxygen atoms in total. The van der Waals surface area contributed by atoms with Gasteiger partial charge in [0.05, 0.1) is 17.8 Å². The van der Waals surface area contributed by atoms with Crippen LogP contribution in [0.25, 0.3) is 0 Å². The third-order valence-electron chi connectivity index (χ3n) is 2.16. The Morgan fingerprint density at radius 3 is 2.50 bits per heavy atom. The second kappa shape index (κ2) is 5.27. The van der Waals surface area contributed by atoms with Crippen molar-refractivity contribution in [1.29, 1.82) is 0 Å². The number of halogens is 3. The van der Waals surface area contributed by atoms with Gasteiger partial charge in [0.25, 0.3) is 0 Å². The molecule has 0 aromatic carbocycles. The van der Waals surface area contributed by atoms with Crippen LogP contribution in [0.2, 0.25) is 0 Å². The number of hydrazine groups is 1. The van der Waals surface area contributed by atoms with E-state index in [1.165, 1.54) is 6.07 Å². The minimum Gasteiger partial charge on any atom is -0.259 e. The van der Waals surface area contributed by atoms with Crippen LogP contribution in [0.5, 0.6) is 0 Å². The highest BCUT2D eigenvalue weighted by molar-refractivity contribution is 5.16. The molecule has 6 heteroatoms. The first-order valence-corrected chi connectivity index (χ1v) is 4.90. The third-order valence-corrected chi connectivity index (χ3v) is 2.16. The SMILES string of the molecule is CCN(C)NCc1ccc(C(F)(F)F)cn1. The highest BCUT2D eigenvalue weighted by atomic mass is 19.4. The molecule has 0 aliphatic heterocycles. The van der Waals surface area contributed by atoms with Crippen molar-refractivity contribution >= 4 is 0 Å². The Balaban J connectivity index is 2.58. The first-order chi connectivity index (χ1) is 7.43. The Morgan fingerprint density at radius 2 is 2.06 bits per heavy atom. The van der Waals surface area contributed by atoms with Gasteiger partial charge in [0.2, 0.25) is 0 Å². The van der Waals surface area contributed by atoms with Crippen LogP contribution in [-0.2, 0) is 12.7 Å². The molecule has 90 valence electrons. The van der Waals surface area contributed by atoms with E-state index in [0.29, 0.717) is 12.2 Å². The zero-order chi connectivity index (χ0) is 12.2. The van der Waals surface area contributed by atoms with Crippen molar-refractivity contribution in [3.63, 3.8) is 0 Å². The van der Waals surface area contributed by atoms with Crippen molar-refractivity contribution in [3.8, 4) is 0 Å². The minimum atomic E-state index is -4.32. The Bertz CT molecular complexity index is 321. The van der Waals surface area contributed by atoms with Crippen molar-refractivity contribution in [2.24, 2.45) is 0 Å². The molecule has 0 radical (unpaired) electrons. The summed E-state index contributed by atoms with van der Waals surface area (Å²) in [6.45, 7) is 3.19. The molecule has 0 spiro atoms. The molecular formula is C10H14F3N3. The average molecular weight is 233 g/mol. The predicted molar refractivity (Wildman–Crippen MR) is 54.4 cm³/mol. The molecule has 1 aromatic rings. The van der Waals surface area contributed by atoms with Gasteiger partial charge in [-0.25, -0.2) is 10.4 Å². The van der Waals surface area contributed by atoms with Crippen LogP contribution >= 0.6 is 0 Å². The second-order valence-electron chi connectivity index (χ2n) is 3.39. The van der Waals surface area contributed by atoms with Crippen molar-refractivity contribution in [2.75, 3.05) is 13.6 Å². The fourth-order valence-electron chi connectivity index (χ4n) is 1.02. The van der Waals surface area contributed by atoms with Gasteiger partial charge in [-0.2, -0.15) is 13.2 Å². The number of rotatable bonds is 4. The van der Waals surface area contributed by atoms with E-state index in [4.69, 9.17) is 0 Å². The molecule has 0 aliphatic carbocycles. The summed E-state index contributed by atoms with van der Waals surface area (Å²) < 4.78 is 36.7. The summed E-state index contributed by atoms with van der Waals surface area (Å²) >= 11 is 0. The first kappa shape index (κ1) is 12.9. The number of alkyl halides is 3. The summed E-state index contributed by atoms with van der Waals surface area (Å²) in [5.74, 6) is 0. The number of pyridine rings is 1. The van der Waals surface area contributed by atoms with Gasteiger partial charge in [0, 0.05) is 19.8 Å². The predicted octanol–water partition coefficient (Wildman–Crippen LogP) is 2.06. The van der Waals surface area contributed by atoms with E-state index in [2.05, 4.69) is 10.4 Å². The quantitative estimate of drug-likeness (QED) is 0.807. The van der Waals surface area contributed by atoms with Crippen LogP contribution in [0, 0.1) is 0 Å². The highest BCUT2D eigenvalue weighted by Gasteiger charge is 2.30. The first-order valence-electron chi connectivity index (χ1n) is 4.90. The van der Waals surface area contributed by atoms with Crippen LogP contribution in [-0.4, -0.2) is 23.6 Å². The fraction of sp³-hybridized carbons (Fsp3) is 0.500. The average Bonchev–Trinajstić information content (AvgIpc) is 2.25. The molecule has 1 aromatic heterocycles. The van der Waals surface area contributed by atoms with Crippen molar-refractivity contribution in [1.82, 2.24) is 15.4 Å². The topological polar surface area (TPSA) is 28.2 Å². The van der Waals surface area contributed by atoms with Crippen molar-refractivity contribution < 1.29 is 13.2 Å². The number of aromatic nitrogens is 1. The summed E-state index contributed by atoms with van der Waals surface area (Å²) in [5.41, 5.74) is 2.85. The van der Waals surface area contributed by atoms with Crippen molar-refractivity contribution in [2.45, 2.75) is 19.6 Å². The second-order valence-corrected chi connectivity index (χ2v) is 3.39. The van der Waals surface area contributed by atoms with Gasteiger partial charge in [-0.15, -0.1) is 0 Å². The molecule has 0 aliphatic rings. The van der Waals surface area contributed by atoms with Crippen LogP contribution in [0.15, 0.2) is 18.3 Å². The maximum Gasteiger partial charge on any atom is 0.417 e. The van der Waals surface area contributed by atoms with Gasteiger partial charge in [-0.05, 0) is 12.1 Å². The molecule has 16 heavy (non-hydrogen) atoms. The molecule has 1 heterocycles. The molecular weight excluding hydrogens is 219 g/mol. The van der Waals surface area contributed by atoms with E-state index in [1.807, 2.05) is 19.0 Å². The zero-order valence-electron chi connectivity index (χ0n) is 9.17. The number of hydrogen-bond donors (Lipinski definition) is 1. The Morgan fingerprint density at radius 1 is 1.38 bits per heavy atom. The number of hydrogen-bond acceptors (Lipinski definition) is 3. The highest BCUT2D eigenvalue weighted by Crippen LogP contribution is 2.28. The molecule has 0 amide bonds. The third kappa shape index (κ3) is 3.79. The maximum absolute atomic E-state index is 12.2. The Hall–Kier alpha value is -1.14. The molecule has 1 N–H and O–H groups in total. The van der Waals surface area contributed by atoms with Gasteiger partial charge in [-0.3, -0.25) is 4.98 Å². The van der Waals surface area contributed by atoms with E-state index < -0.39 is 11.7 Å². The normalized spacial score (nSPS) is 12.1. The van der Waals surface area contributed by atoms with Crippen LogP contribution in [0.1, 0.15) is 18.2 Å². The summed E-state index contributed by atoms with van der Waals surface area (Å²) in [6.07, 6.45) is -3.47. The van der Waals surface area contributed by atoms with E-state index in [-0.39, 0.29) is 0 Å². The maximum atomic E-state index is 12.2. The summed E-state index contributed by atoms with van der Waals surface area (Å²) in [5, 5.41) is 1.83. The standard InChI is InChI=1S/C10H14F3N3/c1-3-16(2)15-7-9-5-4-8(6-14-9)10(11,12)13/h4-6,15H,3,7H2,1-2H3. The number of nitrogens with zero attached hydrogens (tertiary/aromatic N) is 2. The zero-order valence-corrected chi connectivity index (χ0v) is 9.17. The molecule has 0 bridgehead atoms. The molecule has 1 rings (SSSR count). The van der Waals surface area contributed by atoms with Crippen LogP contribution < -0.4 is 5.43 Å². The fourth-order valence-corrected chi connectivity index (χ4v) is 1.02. The van der Waals surface area contributed by atoms with Gasteiger partial charge >= 0.3 is 6.18 Å². The van der Waals surface area contributed by atoms with Gasteiger partial charge in [-0.1, -0.05) is 6.92 Å². The lowest BCUT2D eigenvalue weighted by Gasteiger charge is -2.15. The van der Waals surface area contributed by atoms with E-state index >= 15 is 0 Å². The molecule has 0 unspecified atom stereocenters. The van der Waals surface area contributed by atoms with E-state index in [0.717, 1.165) is 18.8 Å². The molecule has 0 fully saturated rings. The van der Waals surface area contributed by atoms with Crippen LogP contribution in [0.3, 0.4) is 0 Å². The van der Waals surface area contributed by atoms with Gasteiger partial charge < -0.3 is 0 Å². The molecule has 0 saturated carbocycles. The number of nitrogens with one attached hydrogen (secondary N) is 1. The molecule has 0 atom stereocenters. The largest absolute Gasteiger partial charge is 0.417 e. The summed E-state index contributed by atoms with van der Waals surface area (Å²) in [7, 11) is 1.85. The van der Waals surface area contributed by atoms with E-state index in [9.17, 15) is 13.2 Å². The lowest BCUT2D eigenvalue weighted by atomic mass is 10.2. The van der Waals surface area contributed by atoms with E-state index in [1.54, 1.807) is 0 Å². The summed E-state index contributed by atoms with van der Waals surface area (Å²) in [4.78, 5) is 3.74. The lowest BCUT2D eigenvalue weighted by Crippen LogP contribution is -2.33. The lowest BCUT2D eigenvalue weighted by molar-refractivity contribution is -0.137. The van der Waals surface area contributed by atoms with Crippen molar-refractivity contribution in [3.05, 3.63) is 29.6 Å². The summed E-state index contributed by atoms with van der Waals surface area (Å²) in [6, 6.07) is 2.41. The molecule has 0 saturated heterocycles. The minimum absolute atomic E-state index is 0.419.